The molecule has 1 amide bonds. The molecule has 1 spiro atoms. The standard InChI is InChI=1S/C37H47N3O4/c1-2-27-15-16-34-30(21-27)32(23-37(44-34)17-9-10-18-37)38-24-33(41)31(22-28-11-5-3-6-12-28)39-36(42)35-26-40(19-20-43-35)25-29-13-7-4-8-14-29/h3-8,11-16,21,31-33,35,38,41H,2,9-10,17-20,22-26H2,1H3,(H,39,42)/t31-,32-,33+,35?/m0/s1. The highest BCUT2D eigenvalue weighted by Gasteiger charge is 2.43. The van der Waals surface area contributed by atoms with Crippen LogP contribution in [0.25, 0.3) is 0 Å². The Labute approximate surface area is 262 Å². The first-order chi connectivity index (χ1) is 21.5. The Kier molecular flexibility index (Phi) is 9.97. The van der Waals surface area contributed by atoms with Crippen LogP contribution in [0.3, 0.4) is 0 Å². The highest BCUT2D eigenvalue weighted by molar-refractivity contribution is 5.81. The molecule has 2 fully saturated rings. The van der Waals surface area contributed by atoms with E-state index in [1.807, 2.05) is 48.5 Å². The van der Waals surface area contributed by atoms with Crippen LogP contribution < -0.4 is 15.4 Å². The van der Waals surface area contributed by atoms with E-state index in [1.165, 1.54) is 29.5 Å². The van der Waals surface area contributed by atoms with Crippen molar-refractivity contribution in [2.75, 3.05) is 26.2 Å². The second kappa shape index (κ2) is 14.2. The van der Waals surface area contributed by atoms with Gasteiger partial charge in [0.15, 0.2) is 0 Å². The van der Waals surface area contributed by atoms with E-state index in [4.69, 9.17) is 9.47 Å². The zero-order valence-corrected chi connectivity index (χ0v) is 25.9. The van der Waals surface area contributed by atoms with Gasteiger partial charge >= 0.3 is 0 Å². The number of hydrogen-bond acceptors (Lipinski definition) is 6. The Morgan fingerprint density at radius 1 is 1.00 bits per heavy atom. The normalized spacial score (nSPS) is 22.6. The fourth-order valence-corrected chi connectivity index (χ4v) is 7.13. The molecule has 3 aromatic rings. The summed E-state index contributed by atoms with van der Waals surface area (Å²) in [6, 6.07) is 26.5. The van der Waals surface area contributed by atoms with E-state index >= 15 is 0 Å². The fourth-order valence-electron chi connectivity index (χ4n) is 7.13. The van der Waals surface area contributed by atoms with Crippen LogP contribution in [0, 0.1) is 0 Å². The fraction of sp³-hybridized carbons (Fsp3) is 0.486. The molecule has 1 saturated carbocycles. The van der Waals surface area contributed by atoms with Crippen molar-refractivity contribution < 1.29 is 19.4 Å². The van der Waals surface area contributed by atoms with Crippen molar-refractivity contribution in [3.8, 4) is 5.75 Å². The zero-order chi connectivity index (χ0) is 30.4. The molecule has 0 bridgehead atoms. The number of rotatable bonds is 11. The van der Waals surface area contributed by atoms with Crippen LogP contribution in [0.1, 0.15) is 67.3 Å². The first kappa shape index (κ1) is 30.8. The largest absolute Gasteiger partial charge is 0.487 e. The third-order valence-electron chi connectivity index (χ3n) is 9.63. The van der Waals surface area contributed by atoms with Crippen molar-refractivity contribution in [3.63, 3.8) is 0 Å². The van der Waals surface area contributed by atoms with Gasteiger partial charge in [-0.3, -0.25) is 9.69 Å². The number of nitrogens with one attached hydrogen (secondary N) is 2. The molecule has 1 saturated heterocycles. The van der Waals surface area contributed by atoms with Gasteiger partial charge in [0.1, 0.15) is 17.5 Å². The molecule has 6 rings (SSSR count). The minimum Gasteiger partial charge on any atom is -0.487 e. The number of hydrogen-bond donors (Lipinski definition) is 3. The van der Waals surface area contributed by atoms with E-state index in [-0.39, 0.29) is 17.6 Å². The average Bonchev–Trinajstić information content (AvgIpc) is 3.51. The van der Waals surface area contributed by atoms with E-state index in [0.717, 1.165) is 50.1 Å². The predicted octanol–water partition coefficient (Wildman–Crippen LogP) is 4.96. The number of morpholine rings is 1. The van der Waals surface area contributed by atoms with Crippen LogP contribution in [-0.2, 0) is 28.9 Å². The van der Waals surface area contributed by atoms with Gasteiger partial charge in [0.25, 0.3) is 5.91 Å². The lowest BCUT2D eigenvalue weighted by molar-refractivity contribution is -0.140. The van der Waals surface area contributed by atoms with Gasteiger partial charge in [-0.2, -0.15) is 0 Å². The molecule has 3 aromatic carbocycles. The highest BCUT2D eigenvalue weighted by Crippen LogP contribution is 2.47. The summed E-state index contributed by atoms with van der Waals surface area (Å²) in [6.07, 6.45) is 5.53. The summed E-state index contributed by atoms with van der Waals surface area (Å²) in [4.78, 5) is 15.9. The maximum Gasteiger partial charge on any atom is 0.250 e. The molecule has 7 nitrogen and oxygen atoms in total. The molecular weight excluding hydrogens is 550 g/mol. The number of carbonyl (C=O) groups excluding carboxylic acids is 1. The van der Waals surface area contributed by atoms with Crippen LogP contribution >= 0.6 is 0 Å². The van der Waals surface area contributed by atoms with E-state index in [1.54, 1.807) is 0 Å². The van der Waals surface area contributed by atoms with Crippen molar-refractivity contribution in [2.24, 2.45) is 0 Å². The molecule has 2 aliphatic heterocycles. The number of aliphatic hydroxyl groups excluding tert-OH is 1. The van der Waals surface area contributed by atoms with E-state index in [2.05, 4.69) is 52.8 Å². The Hall–Kier alpha value is -3.23. The summed E-state index contributed by atoms with van der Waals surface area (Å²) < 4.78 is 12.6. The Morgan fingerprint density at radius 3 is 2.45 bits per heavy atom. The molecule has 3 aliphatic rings. The summed E-state index contributed by atoms with van der Waals surface area (Å²) in [5.41, 5.74) is 4.61. The van der Waals surface area contributed by atoms with Gasteiger partial charge in [-0.15, -0.1) is 0 Å². The Morgan fingerprint density at radius 2 is 1.73 bits per heavy atom. The number of aryl methyl sites for hydroxylation is 1. The summed E-state index contributed by atoms with van der Waals surface area (Å²) in [6.45, 7) is 5.12. The number of nitrogens with zero attached hydrogens (tertiary/aromatic N) is 1. The summed E-state index contributed by atoms with van der Waals surface area (Å²) in [7, 11) is 0. The first-order valence-corrected chi connectivity index (χ1v) is 16.5. The van der Waals surface area contributed by atoms with Crippen molar-refractivity contribution >= 4 is 5.91 Å². The van der Waals surface area contributed by atoms with Crippen LogP contribution in [-0.4, -0.2) is 66.0 Å². The van der Waals surface area contributed by atoms with Gasteiger partial charge in [-0.25, -0.2) is 0 Å². The highest BCUT2D eigenvalue weighted by atomic mass is 16.5. The molecule has 0 aromatic heterocycles. The van der Waals surface area contributed by atoms with Gasteiger partial charge in [-0.05, 0) is 61.3 Å². The van der Waals surface area contributed by atoms with E-state index in [0.29, 0.717) is 26.1 Å². The van der Waals surface area contributed by atoms with E-state index < -0.39 is 18.2 Å². The Balaban J connectivity index is 1.14. The average molecular weight is 598 g/mol. The maximum absolute atomic E-state index is 13.6. The molecule has 7 heteroatoms. The van der Waals surface area contributed by atoms with Gasteiger partial charge in [0.05, 0.1) is 18.8 Å². The second-order valence-electron chi connectivity index (χ2n) is 12.8. The molecule has 4 atom stereocenters. The number of carbonyl (C=O) groups is 1. The third kappa shape index (κ3) is 7.52. The van der Waals surface area contributed by atoms with Gasteiger partial charge in [0.2, 0.25) is 0 Å². The number of aliphatic hydroxyl groups is 1. The molecule has 44 heavy (non-hydrogen) atoms. The Bertz CT molecular complexity index is 1360. The van der Waals surface area contributed by atoms with Crippen molar-refractivity contribution in [1.29, 1.82) is 0 Å². The van der Waals surface area contributed by atoms with Crippen LogP contribution in [0.2, 0.25) is 0 Å². The van der Waals surface area contributed by atoms with Crippen molar-refractivity contribution in [1.82, 2.24) is 15.5 Å². The monoisotopic (exact) mass is 597 g/mol. The minimum absolute atomic E-state index is 0.0827. The summed E-state index contributed by atoms with van der Waals surface area (Å²) >= 11 is 0. The summed E-state index contributed by atoms with van der Waals surface area (Å²) in [5, 5.41) is 18.5. The van der Waals surface area contributed by atoms with Crippen LogP contribution in [0.15, 0.2) is 78.9 Å². The predicted molar refractivity (Wildman–Crippen MR) is 173 cm³/mol. The third-order valence-corrected chi connectivity index (χ3v) is 9.63. The number of ether oxygens (including phenoxy) is 2. The second-order valence-corrected chi connectivity index (χ2v) is 12.8. The topological polar surface area (TPSA) is 83.1 Å². The van der Waals surface area contributed by atoms with E-state index in [9.17, 15) is 9.90 Å². The number of fused-ring (bicyclic) bond motifs is 1. The quantitative estimate of drug-likeness (QED) is 0.290. The smallest absolute Gasteiger partial charge is 0.250 e. The van der Waals surface area contributed by atoms with Gasteiger partial charge in [-0.1, -0.05) is 79.7 Å². The molecular formula is C37H47N3O4. The van der Waals surface area contributed by atoms with Crippen LogP contribution in [0.5, 0.6) is 5.75 Å². The molecule has 2 heterocycles. The van der Waals surface area contributed by atoms with Crippen molar-refractivity contribution in [2.45, 2.75) is 88.3 Å². The SMILES string of the molecule is CCc1ccc2c(c1)[C@@H](NC[C@@H](O)[C@H](Cc1ccccc1)NC(=O)C1CN(Cc3ccccc3)CCO1)CC1(CCCC1)O2. The molecule has 1 aliphatic carbocycles. The van der Waals surface area contributed by atoms with Gasteiger partial charge < -0.3 is 25.2 Å². The molecule has 0 radical (unpaired) electrons. The zero-order valence-electron chi connectivity index (χ0n) is 25.9. The van der Waals surface area contributed by atoms with Crippen LogP contribution in [0.4, 0.5) is 0 Å². The number of benzene rings is 3. The molecule has 234 valence electrons. The number of amides is 1. The maximum atomic E-state index is 13.6. The minimum atomic E-state index is -0.789. The molecule has 3 N–H and O–H groups in total. The lowest BCUT2D eigenvalue weighted by Gasteiger charge is -2.41. The lowest BCUT2D eigenvalue weighted by atomic mass is 9.85. The first-order valence-electron chi connectivity index (χ1n) is 16.5. The van der Waals surface area contributed by atoms with Gasteiger partial charge in [0, 0.05) is 44.2 Å². The summed E-state index contributed by atoms with van der Waals surface area (Å²) in [5.74, 6) is 0.794. The van der Waals surface area contributed by atoms with Crippen molar-refractivity contribution in [3.05, 3.63) is 101 Å². The molecule has 1 unspecified atom stereocenters. The lowest BCUT2D eigenvalue weighted by Crippen LogP contribution is -2.55.